The van der Waals surface area contributed by atoms with Crippen molar-refractivity contribution in [1.82, 2.24) is 0 Å². The molecule has 0 amide bonds. The van der Waals surface area contributed by atoms with Crippen molar-refractivity contribution in [2.75, 3.05) is 7.11 Å². The monoisotopic (exact) mass is 230 g/mol. The lowest BCUT2D eigenvalue weighted by Crippen LogP contribution is -2.22. The molecule has 1 aliphatic carbocycles. The maximum Gasteiger partial charge on any atom is 0.309 e. The molecule has 0 bridgehead atoms. The summed E-state index contributed by atoms with van der Waals surface area (Å²) in [6.07, 6.45) is 2.41. The van der Waals surface area contributed by atoms with E-state index in [1.54, 1.807) is 0 Å². The topological polar surface area (TPSA) is 39.4 Å². The van der Waals surface area contributed by atoms with Gasteiger partial charge >= 0.3 is 5.97 Å². The summed E-state index contributed by atoms with van der Waals surface area (Å²) in [5.41, 5.74) is 2.18. The zero-order valence-corrected chi connectivity index (χ0v) is 9.73. The molecule has 3 heteroatoms. The van der Waals surface area contributed by atoms with E-state index in [-0.39, 0.29) is 11.9 Å². The highest BCUT2D eigenvalue weighted by Gasteiger charge is 2.29. The lowest BCUT2D eigenvalue weighted by atomic mass is 9.87. The molecule has 1 aromatic carbocycles. The maximum absolute atomic E-state index is 11.5. The zero-order chi connectivity index (χ0) is 11.8. The van der Waals surface area contributed by atoms with Crippen LogP contribution in [0.25, 0.3) is 11.0 Å². The second kappa shape index (κ2) is 3.91. The molecule has 17 heavy (non-hydrogen) atoms. The molecule has 88 valence electrons. The van der Waals surface area contributed by atoms with Gasteiger partial charge in [-0.25, -0.2) is 0 Å². The van der Waals surface area contributed by atoms with Crippen molar-refractivity contribution in [2.24, 2.45) is 5.92 Å². The average Bonchev–Trinajstić information content (AvgIpc) is 2.75. The third-order valence-electron chi connectivity index (χ3n) is 3.49. The van der Waals surface area contributed by atoms with Gasteiger partial charge in [0.15, 0.2) is 0 Å². The SMILES string of the molecule is COC(=O)C1CCc2c(oc3ccccc23)C1. The third-order valence-corrected chi connectivity index (χ3v) is 3.49. The molecule has 1 unspecified atom stereocenters. The number of hydrogen-bond acceptors (Lipinski definition) is 3. The fourth-order valence-electron chi connectivity index (χ4n) is 2.60. The first kappa shape index (κ1) is 10.4. The average molecular weight is 230 g/mol. The Kier molecular flexibility index (Phi) is 2.39. The van der Waals surface area contributed by atoms with E-state index in [2.05, 4.69) is 6.07 Å². The lowest BCUT2D eigenvalue weighted by Gasteiger charge is -2.18. The molecule has 1 aliphatic rings. The van der Waals surface area contributed by atoms with Crippen molar-refractivity contribution in [1.29, 1.82) is 0 Å². The van der Waals surface area contributed by atoms with E-state index in [4.69, 9.17) is 9.15 Å². The van der Waals surface area contributed by atoms with Crippen LogP contribution in [0.5, 0.6) is 0 Å². The number of fused-ring (bicyclic) bond motifs is 3. The predicted molar refractivity (Wildman–Crippen MR) is 63.7 cm³/mol. The van der Waals surface area contributed by atoms with Crippen molar-refractivity contribution in [3.8, 4) is 0 Å². The standard InChI is InChI=1S/C14H14O3/c1-16-14(15)9-6-7-11-10-4-2-3-5-12(10)17-13(11)8-9/h2-5,9H,6-8H2,1H3. The van der Waals surface area contributed by atoms with Crippen LogP contribution in [-0.4, -0.2) is 13.1 Å². The number of aryl methyl sites for hydroxylation is 1. The van der Waals surface area contributed by atoms with Crippen LogP contribution in [-0.2, 0) is 22.4 Å². The minimum Gasteiger partial charge on any atom is -0.469 e. The Hall–Kier alpha value is -1.77. The van der Waals surface area contributed by atoms with E-state index in [9.17, 15) is 4.79 Å². The van der Waals surface area contributed by atoms with Crippen LogP contribution >= 0.6 is 0 Å². The van der Waals surface area contributed by atoms with E-state index in [0.717, 1.165) is 24.2 Å². The number of esters is 1. The molecule has 0 spiro atoms. The summed E-state index contributed by atoms with van der Waals surface area (Å²) in [5.74, 6) is 0.775. The third kappa shape index (κ3) is 1.62. The van der Waals surface area contributed by atoms with E-state index < -0.39 is 0 Å². The summed E-state index contributed by atoms with van der Waals surface area (Å²) < 4.78 is 10.6. The summed E-state index contributed by atoms with van der Waals surface area (Å²) in [6.45, 7) is 0. The van der Waals surface area contributed by atoms with Gasteiger partial charge in [0, 0.05) is 17.4 Å². The van der Waals surface area contributed by atoms with Crippen LogP contribution in [0, 0.1) is 5.92 Å². The van der Waals surface area contributed by atoms with Crippen molar-refractivity contribution in [3.05, 3.63) is 35.6 Å². The Labute approximate surface area is 99.4 Å². The van der Waals surface area contributed by atoms with Gasteiger partial charge in [0.1, 0.15) is 11.3 Å². The first-order chi connectivity index (χ1) is 8.29. The molecule has 0 saturated heterocycles. The Morgan fingerprint density at radius 3 is 3.06 bits per heavy atom. The lowest BCUT2D eigenvalue weighted by molar-refractivity contribution is -0.145. The van der Waals surface area contributed by atoms with Crippen LogP contribution in [0.2, 0.25) is 0 Å². The second-order valence-corrected chi connectivity index (χ2v) is 4.46. The van der Waals surface area contributed by atoms with E-state index in [1.807, 2.05) is 18.2 Å². The highest BCUT2D eigenvalue weighted by Crippen LogP contribution is 2.34. The number of rotatable bonds is 1. The molecular weight excluding hydrogens is 216 g/mol. The summed E-state index contributed by atoms with van der Waals surface area (Å²) in [7, 11) is 1.44. The number of para-hydroxylation sites is 1. The molecule has 2 aromatic rings. The van der Waals surface area contributed by atoms with Crippen LogP contribution in [0.4, 0.5) is 0 Å². The van der Waals surface area contributed by atoms with Gasteiger partial charge in [-0.15, -0.1) is 0 Å². The smallest absolute Gasteiger partial charge is 0.309 e. The van der Waals surface area contributed by atoms with Crippen LogP contribution in [0.15, 0.2) is 28.7 Å². The van der Waals surface area contributed by atoms with Gasteiger partial charge < -0.3 is 9.15 Å². The number of hydrogen-bond donors (Lipinski definition) is 0. The van der Waals surface area contributed by atoms with Crippen molar-refractivity contribution in [3.63, 3.8) is 0 Å². The molecule has 1 atom stereocenters. The minimum absolute atomic E-state index is 0.0481. The van der Waals surface area contributed by atoms with Crippen molar-refractivity contribution in [2.45, 2.75) is 19.3 Å². The Morgan fingerprint density at radius 2 is 2.24 bits per heavy atom. The van der Waals surface area contributed by atoms with Gasteiger partial charge in [-0.05, 0) is 18.9 Å². The van der Waals surface area contributed by atoms with Crippen LogP contribution < -0.4 is 0 Å². The Morgan fingerprint density at radius 1 is 1.41 bits per heavy atom. The van der Waals surface area contributed by atoms with Crippen molar-refractivity contribution >= 4 is 16.9 Å². The quantitative estimate of drug-likeness (QED) is 0.707. The molecule has 0 fully saturated rings. The number of ether oxygens (including phenoxy) is 1. The molecular formula is C14H14O3. The molecule has 0 saturated carbocycles. The fraction of sp³-hybridized carbons (Fsp3) is 0.357. The van der Waals surface area contributed by atoms with E-state index >= 15 is 0 Å². The normalized spacial score (nSPS) is 19.0. The zero-order valence-electron chi connectivity index (χ0n) is 9.73. The van der Waals surface area contributed by atoms with Crippen molar-refractivity contribution < 1.29 is 13.9 Å². The van der Waals surface area contributed by atoms with Gasteiger partial charge in [-0.1, -0.05) is 18.2 Å². The molecule has 0 N–H and O–H groups in total. The molecule has 1 heterocycles. The summed E-state index contributed by atoms with van der Waals surface area (Å²) in [5, 5.41) is 1.19. The number of benzene rings is 1. The molecule has 0 aliphatic heterocycles. The van der Waals surface area contributed by atoms with Crippen LogP contribution in [0.1, 0.15) is 17.7 Å². The van der Waals surface area contributed by atoms with Crippen LogP contribution in [0.3, 0.4) is 0 Å². The Balaban J connectivity index is 2.00. The largest absolute Gasteiger partial charge is 0.469 e. The summed E-state index contributed by atoms with van der Waals surface area (Å²) in [6, 6.07) is 8.04. The van der Waals surface area contributed by atoms with Gasteiger partial charge in [-0.3, -0.25) is 4.79 Å². The highest BCUT2D eigenvalue weighted by molar-refractivity contribution is 5.83. The summed E-state index contributed by atoms with van der Waals surface area (Å²) in [4.78, 5) is 11.5. The van der Waals surface area contributed by atoms with Gasteiger partial charge in [0.25, 0.3) is 0 Å². The van der Waals surface area contributed by atoms with Gasteiger partial charge in [0.05, 0.1) is 13.0 Å². The predicted octanol–water partition coefficient (Wildman–Crippen LogP) is 2.71. The second-order valence-electron chi connectivity index (χ2n) is 4.46. The number of methoxy groups -OCH3 is 1. The number of furan rings is 1. The number of carbonyl (C=O) groups excluding carboxylic acids is 1. The van der Waals surface area contributed by atoms with Gasteiger partial charge in [-0.2, -0.15) is 0 Å². The van der Waals surface area contributed by atoms with E-state index in [0.29, 0.717) is 6.42 Å². The molecule has 0 radical (unpaired) electrons. The maximum atomic E-state index is 11.5. The van der Waals surface area contributed by atoms with E-state index in [1.165, 1.54) is 18.1 Å². The molecule has 3 rings (SSSR count). The fourth-order valence-corrected chi connectivity index (χ4v) is 2.60. The first-order valence-electron chi connectivity index (χ1n) is 5.86. The first-order valence-corrected chi connectivity index (χ1v) is 5.86. The molecule has 3 nitrogen and oxygen atoms in total. The summed E-state index contributed by atoms with van der Waals surface area (Å²) >= 11 is 0. The van der Waals surface area contributed by atoms with Gasteiger partial charge in [0.2, 0.25) is 0 Å². The Bertz CT molecular complexity index is 568. The minimum atomic E-state index is -0.129. The molecule has 1 aromatic heterocycles. The highest BCUT2D eigenvalue weighted by atomic mass is 16.5. The number of carbonyl (C=O) groups is 1.